The lowest BCUT2D eigenvalue weighted by atomic mass is 10.1. The third-order valence-electron chi connectivity index (χ3n) is 4.62. The van der Waals surface area contributed by atoms with E-state index in [0.29, 0.717) is 10.8 Å². The van der Waals surface area contributed by atoms with E-state index in [0.717, 1.165) is 18.7 Å². The third-order valence-corrected chi connectivity index (χ3v) is 5.40. The van der Waals surface area contributed by atoms with Crippen LogP contribution in [-0.4, -0.2) is 35.8 Å². The number of nitrogens with one attached hydrogen (secondary N) is 2. The van der Waals surface area contributed by atoms with Gasteiger partial charge in [-0.25, -0.2) is 9.78 Å². The predicted molar refractivity (Wildman–Crippen MR) is 109 cm³/mol. The molecule has 142 valence electrons. The third kappa shape index (κ3) is 5.22. The fourth-order valence-electron chi connectivity index (χ4n) is 3.19. The summed E-state index contributed by atoms with van der Waals surface area (Å²) < 4.78 is 0. The Morgan fingerprint density at radius 1 is 1.26 bits per heavy atom. The summed E-state index contributed by atoms with van der Waals surface area (Å²) in [4.78, 5) is 18.7. The first kappa shape index (κ1) is 19.2. The van der Waals surface area contributed by atoms with Gasteiger partial charge in [0.15, 0.2) is 5.01 Å². The highest BCUT2D eigenvalue weighted by Gasteiger charge is 2.16. The van der Waals surface area contributed by atoms with E-state index in [1.807, 2.05) is 12.1 Å². The number of aliphatic hydroxyl groups excluding tert-OH is 1. The number of carbonyl (C=O) groups excluding carboxylic acids is 1. The van der Waals surface area contributed by atoms with Gasteiger partial charge in [0.05, 0.1) is 12.6 Å². The first-order valence-electron chi connectivity index (χ1n) is 9.15. The number of nitrogens with zero attached hydrogens (tertiary/aromatic N) is 2. The zero-order chi connectivity index (χ0) is 19.1. The molecule has 1 aromatic heterocycles. The molecule has 0 saturated carbocycles. The lowest BCUT2D eigenvalue weighted by Crippen LogP contribution is -2.34. The van der Waals surface area contributed by atoms with E-state index in [1.165, 1.54) is 42.7 Å². The van der Waals surface area contributed by atoms with E-state index in [2.05, 4.69) is 38.6 Å². The zero-order valence-electron chi connectivity index (χ0n) is 15.1. The number of aliphatic hydroxyl groups is 1. The van der Waals surface area contributed by atoms with Crippen molar-refractivity contribution in [1.82, 2.24) is 10.3 Å². The Labute approximate surface area is 163 Å². The second-order valence-corrected chi connectivity index (χ2v) is 7.37. The topological polar surface area (TPSA) is 77.5 Å². The number of carbonyl (C=O) groups is 1. The van der Waals surface area contributed by atoms with Crippen LogP contribution in [0.1, 0.15) is 42.3 Å². The summed E-state index contributed by atoms with van der Waals surface area (Å²) in [5.74, 6) is 2.83. The SMILES string of the molecule is C#Cc1nc(NC(=O)NC(CO)c2ccc(N3CCCCCC3)cc2)cs1. The van der Waals surface area contributed by atoms with Gasteiger partial charge in [0, 0.05) is 24.2 Å². The summed E-state index contributed by atoms with van der Waals surface area (Å²) in [7, 11) is 0. The molecule has 0 spiro atoms. The van der Waals surface area contributed by atoms with E-state index in [-0.39, 0.29) is 6.61 Å². The van der Waals surface area contributed by atoms with Crippen LogP contribution < -0.4 is 15.5 Å². The summed E-state index contributed by atoms with van der Waals surface area (Å²) in [6.07, 6.45) is 10.3. The molecule has 1 saturated heterocycles. The number of terminal acetylenes is 1. The molecular weight excluding hydrogens is 360 g/mol. The number of anilines is 2. The molecule has 1 aliphatic rings. The summed E-state index contributed by atoms with van der Waals surface area (Å²) in [5.41, 5.74) is 2.04. The van der Waals surface area contributed by atoms with Crippen LogP contribution in [0.5, 0.6) is 0 Å². The van der Waals surface area contributed by atoms with E-state index >= 15 is 0 Å². The first-order chi connectivity index (χ1) is 13.2. The molecule has 2 aromatic rings. The Hall–Kier alpha value is -2.56. The van der Waals surface area contributed by atoms with Crippen LogP contribution in [0.4, 0.5) is 16.3 Å². The molecule has 1 fully saturated rings. The van der Waals surface area contributed by atoms with Crippen molar-refractivity contribution in [3.8, 4) is 12.3 Å². The fourth-order valence-corrected chi connectivity index (χ4v) is 3.74. The van der Waals surface area contributed by atoms with Crippen molar-refractivity contribution in [2.75, 3.05) is 29.9 Å². The van der Waals surface area contributed by atoms with E-state index < -0.39 is 12.1 Å². The fraction of sp³-hybridized carbons (Fsp3) is 0.400. The maximum absolute atomic E-state index is 12.2. The van der Waals surface area contributed by atoms with Crippen LogP contribution in [-0.2, 0) is 0 Å². The van der Waals surface area contributed by atoms with Gasteiger partial charge in [0.1, 0.15) is 5.82 Å². The van der Waals surface area contributed by atoms with Crippen molar-refractivity contribution in [3.05, 3.63) is 40.2 Å². The number of rotatable bonds is 5. The molecule has 1 aliphatic heterocycles. The lowest BCUT2D eigenvalue weighted by Gasteiger charge is -2.24. The number of aromatic nitrogens is 1. The van der Waals surface area contributed by atoms with Crippen molar-refractivity contribution >= 4 is 28.9 Å². The Morgan fingerprint density at radius 3 is 2.56 bits per heavy atom. The number of hydrogen-bond acceptors (Lipinski definition) is 5. The van der Waals surface area contributed by atoms with Crippen LogP contribution in [0, 0.1) is 12.3 Å². The molecule has 1 aromatic carbocycles. The maximum atomic E-state index is 12.2. The Bertz CT molecular complexity index is 789. The zero-order valence-corrected chi connectivity index (χ0v) is 16.0. The Balaban J connectivity index is 1.60. The van der Waals surface area contributed by atoms with Crippen molar-refractivity contribution < 1.29 is 9.90 Å². The number of thiazole rings is 1. The van der Waals surface area contributed by atoms with E-state index in [1.54, 1.807) is 5.38 Å². The summed E-state index contributed by atoms with van der Waals surface area (Å²) in [6, 6.07) is 7.11. The minimum atomic E-state index is -0.492. The summed E-state index contributed by atoms with van der Waals surface area (Å²) in [5, 5.41) is 17.3. The normalized spacial score (nSPS) is 15.5. The monoisotopic (exact) mass is 384 g/mol. The molecule has 27 heavy (non-hydrogen) atoms. The molecule has 0 radical (unpaired) electrons. The van der Waals surface area contributed by atoms with Gasteiger partial charge in [-0.1, -0.05) is 25.0 Å². The highest BCUT2D eigenvalue weighted by Crippen LogP contribution is 2.22. The molecule has 2 heterocycles. The number of benzene rings is 1. The molecule has 3 N–H and O–H groups in total. The van der Waals surface area contributed by atoms with Crippen LogP contribution in [0.15, 0.2) is 29.6 Å². The van der Waals surface area contributed by atoms with Crippen molar-refractivity contribution in [2.24, 2.45) is 0 Å². The maximum Gasteiger partial charge on any atom is 0.320 e. The van der Waals surface area contributed by atoms with E-state index in [9.17, 15) is 9.90 Å². The van der Waals surface area contributed by atoms with Crippen molar-refractivity contribution in [3.63, 3.8) is 0 Å². The standard InChI is InChI=1S/C20H24N4O2S/c1-2-19-22-18(14-27-19)23-20(26)21-17(13-25)15-7-9-16(10-8-15)24-11-5-3-4-6-12-24/h1,7-10,14,17,25H,3-6,11-13H2,(H2,21,23,26). The van der Waals surface area contributed by atoms with Gasteiger partial charge in [-0.3, -0.25) is 5.32 Å². The number of hydrogen-bond donors (Lipinski definition) is 3. The first-order valence-corrected chi connectivity index (χ1v) is 10.0. The van der Waals surface area contributed by atoms with Crippen LogP contribution in [0.2, 0.25) is 0 Å². The highest BCUT2D eigenvalue weighted by molar-refractivity contribution is 7.10. The Morgan fingerprint density at radius 2 is 1.96 bits per heavy atom. The second-order valence-electron chi connectivity index (χ2n) is 6.51. The summed E-state index contributed by atoms with van der Waals surface area (Å²) >= 11 is 1.29. The lowest BCUT2D eigenvalue weighted by molar-refractivity contribution is 0.225. The van der Waals surface area contributed by atoms with Crippen LogP contribution >= 0.6 is 11.3 Å². The van der Waals surface area contributed by atoms with Gasteiger partial charge in [-0.2, -0.15) is 0 Å². The minimum Gasteiger partial charge on any atom is -0.394 e. The summed E-state index contributed by atoms with van der Waals surface area (Å²) in [6.45, 7) is 1.97. The molecule has 7 heteroatoms. The molecule has 0 aliphatic carbocycles. The molecule has 1 atom stereocenters. The van der Waals surface area contributed by atoms with Gasteiger partial charge in [-0.15, -0.1) is 17.8 Å². The van der Waals surface area contributed by atoms with Gasteiger partial charge in [0.2, 0.25) is 0 Å². The highest BCUT2D eigenvalue weighted by atomic mass is 32.1. The largest absolute Gasteiger partial charge is 0.394 e. The van der Waals surface area contributed by atoms with Gasteiger partial charge < -0.3 is 15.3 Å². The number of urea groups is 1. The average Bonchev–Trinajstić information content (AvgIpc) is 2.97. The van der Waals surface area contributed by atoms with Crippen LogP contribution in [0.25, 0.3) is 0 Å². The number of amides is 2. The molecule has 3 rings (SSSR count). The van der Waals surface area contributed by atoms with Crippen LogP contribution in [0.3, 0.4) is 0 Å². The van der Waals surface area contributed by atoms with E-state index in [4.69, 9.17) is 6.42 Å². The second kappa shape index (κ2) is 9.40. The van der Waals surface area contributed by atoms with Gasteiger partial charge in [0.25, 0.3) is 0 Å². The average molecular weight is 385 g/mol. The Kier molecular flexibility index (Phi) is 6.69. The molecule has 6 nitrogen and oxygen atoms in total. The van der Waals surface area contributed by atoms with Crippen molar-refractivity contribution in [2.45, 2.75) is 31.7 Å². The minimum absolute atomic E-state index is 0.191. The molecule has 1 unspecified atom stereocenters. The van der Waals surface area contributed by atoms with Gasteiger partial charge in [-0.05, 0) is 36.5 Å². The predicted octanol–water partition coefficient (Wildman–Crippen LogP) is 3.36. The molecule has 0 bridgehead atoms. The van der Waals surface area contributed by atoms with Crippen molar-refractivity contribution in [1.29, 1.82) is 0 Å². The quantitative estimate of drug-likeness (QED) is 0.691. The smallest absolute Gasteiger partial charge is 0.320 e. The molecular formula is C20H24N4O2S. The molecule has 2 amide bonds. The van der Waals surface area contributed by atoms with Gasteiger partial charge >= 0.3 is 6.03 Å².